The third-order valence-electron chi connectivity index (χ3n) is 4.26. The van der Waals surface area contributed by atoms with Gasteiger partial charge in [-0.05, 0) is 36.2 Å². The van der Waals surface area contributed by atoms with Gasteiger partial charge in [-0.1, -0.05) is 35.9 Å². The molecule has 2 aromatic rings. The number of rotatable bonds is 7. The third-order valence-corrected chi connectivity index (χ3v) is 5.75. The van der Waals surface area contributed by atoms with E-state index in [1.54, 1.807) is 36.4 Å². The minimum absolute atomic E-state index is 0.0351. The van der Waals surface area contributed by atoms with Crippen molar-refractivity contribution < 1.29 is 22.8 Å². The number of carbonyl (C=O) groups is 3. The molecule has 0 saturated carbocycles. The van der Waals surface area contributed by atoms with Crippen LogP contribution < -0.4 is 4.72 Å². The molecule has 0 spiro atoms. The van der Waals surface area contributed by atoms with Crippen LogP contribution in [-0.4, -0.2) is 43.3 Å². The first-order valence-corrected chi connectivity index (χ1v) is 10.5. The summed E-state index contributed by atoms with van der Waals surface area (Å²) in [5, 5.41) is 0.534. The Balaban J connectivity index is 1.54. The first-order chi connectivity index (χ1) is 13.3. The SMILES string of the molecule is O=C(CCc1cccc(Cl)c1)NS(=O)(=O)CCN1C(=O)c2ccccc2C1=O. The number of hydrogen-bond donors (Lipinski definition) is 1. The summed E-state index contributed by atoms with van der Waals surface area (Å²) in [5.41, 5.74) is 1.30. The molecular weight excluding hydrogens is 404 g/mol. The molecule has 9 heteroatoms. The number of benzene rings is 2. The number of nitrogens with one attached hydrogen (secondary N) is 1. The van der Waals surface area contributed by atoms with Crippen LogP contribution in [0.1, 0.15) is 32.7 Å². The van der Waals surface area contributed by atoms with Gasteiger partial charge in [-0.25, -0.2) is 8.42 Å². The number of fused-ring (bicyclic) bond motifs is 1. The van der Waals surface area contributed by atoms with Gasteiger partial charge in [0.2, 0.25) is 15.9 Å². The van der Waals surface area contributed by atoms with Gasteiger partial charge in [0.1, 0.15) is 0 Å². The molecule has 0 bridgehead atoms. The Morgan fingerprint density at radius 2 is 1.64 bits per heavy atom. The van der Waals surface area contributed by atoms with E-state index in [0.29, 0.717) is 11.4 Å². The summed E-state index contributed by atoms with van der Waals surface area (Å²) in [5.74, 6) is -2.30. The monoisotopic (exact) mass is 420 g/mol. The number of sulfonamides is 1. The highest BCUT2D eigenvalue weighted by molar-refractivity contribution is 7.90. The van der Waals surface area contributed by atoms with E-state index < -0.39 is 33.5 Å². The summed E-state index contributed by atoms with van der Waals surface area (Å²) in [6.07, 6.45) is 0.299. The summed E-state index contributed by atoms with van der Waals surface area (Å²) in [7, 11) is -3.99. The number of nitrogens with zero attached hydrogens (tertiary/aromatic N) is 1. The summed E-state index contributed by atoms with van der Waals surface area (Å²) < 4.78 is 26.3. The molecule has 1 aliphatic heterocycles. The maximum atomic E-state index is 12.2. The number of aryl methyl sites for hydroxylation is 1. The highest BCUT2D eigenvalue weighted by Crippen LogP contribution is 2.22. The van der Waals surface area contributed by atoms with E-state index in [0.717, 1.165) is 10.5 Å². The van der Waals surface area contributed by atoms with Crippen LogP contribution in [0.15, 0.2) is 48.5 Å². The maximum Gasteiger partial charge on any atom is 0.261 e. The fourth-order valence-electron chi connectivity index (χ4n) is 2.88. The molecule has 146 valence electrons. The lowest BCUT2D eigenvalue weighted by Crippen LogP contribution is -2.39. The molecule has 1 heterocycles. The zero-order chi connectivity index (χ0) is 20.3. The van der Waals surface area contributed by atoms with Crippen LogP contribution >= 0.6 is 11.6 Å². The zero-order valence-corrected chi connectivity index (χ0v) is 16.3. The van der Waals surface area contributed by atoms with Crippen molar-refractivity contribution in [2.24, 2.45) is 0 Å². The highest BCUT2D eigenvalue weighted by Gasteiger charge is 2.35. The molecule has 28 heavy (non-hydrogen) atoms. The van der Waals surface area contributed by atoms with E-state index in [9.17, 15) is 22.8 Å². The van der Waals surface area contributed by atoms with Gasteiger partial charge in [0, 0.05) is 18.0 Å². The maximum absolute atomic E-state index is 12.2. The van der Waals surface area contributed by atoms with E-state index in [1.807, 2.05) is 4.72 Å². The van der Waals surface area contributed by atoms with Gasteiger partial charge in [0.05, 0.1) is 16.9 Å². The molecule has 0 radical (unpaired) electrons. The Kier molecular flexibility index (Phi) is 5.81. The van der Waals surface area contributed by atoms with E-state index in [2.05, 4.69) is 0 Å². The molecule has 0 fully saturated rings. The van der Waals surface area contributed by atoms with Crippen molar-refractivity contribution in [3.8, 4) is 0 Å². The number of hydrogen-bond acceptors (Lipinski definition) is 5. The average molecular weight is 421 g/mol. The van der Waals surface area contributed by atoms with Crippen LogP contribution in [0.3, 0.4) is 0 Å². The Morgan fingerprint density at radius 1 is 1.00 bits per heavy atom. The van der Waals surface area contributed by atoms with Crippen LogP contribution in [0, 0.1) is 0 Å². The lowest BCUT2D eigenvalue weighted by atomic mass is 10.1. The van der Waals surface area contributed by atoms with Gasteiger partial charge in [-0.3, -0.25) is 24.0 Å². The van der Waals surface area contributed by atoms with Gasteiger partial charge in [-0.2, -0.15) is 0 Å². The summed E-state index contributed by atoms with van der Waals surface area (Å²) in [6.45, 7) is -0.330. The smallest absolute Gasteiger partial charge is 0.261 e. The average Bonchev–Trinajstić information content (AvgIpc) is 2.89. The molecule has 2 aromatic carbocycles. The Hall–Kier alpha value is -2.71. The number of halogens is 1. The van der Waals surface area contributed by atoms with Gasteiger partial charge in [0.15, 0.2) is 0 Å². The Labute approximate surface area is 167 Å². The second kappa shape index (κ2) is 8.12. The second-order valence-corrected chi connectivity index (χ2v) is 8.56. The zero-order valence-electron chi connectivity index (χ0n) is 14.7. The number of amides is 3. The van der Waals surface area contributed by atoms with Gasteiger partial charge < -0.3 is 0 Å². The van der Waals surface area contributed by atoms with Gasteiger partial charge >= 0.3 is 0 Å². The quantitative estimate of drug-likeness (QED) is 0.690. The van der Waals surface area contributed by atoms with Crippen molar-refractivity contribution in [2.75, 3.05) is 12.3 Å². The summed E-state index contributed by atoms with van der Waals surface area (Å²) in [6, 6.07) is 13.2. The highest BCUT2D eigenvalue weighted by atomic mass is 35.5. The largest absolute Gasteiger partial charge is 0.274 e. The Morgan fingerprint density at radius 3 is 2.25 bits per heavy atom. The van der Waals surface area contributed by atoms with Crippen molar-refractivity contribution in [3.63, 3.8) is 0 Å². The molecule has 0 saturated heterocycles. The molecular formula is C19H17ClN2O5S. The molecule has 3 rings (SSSR count). The lowest BCUT2D eigenvalue weighted by molar-refractivity contribution is -0.119. The molecule has 7 nitrogen and oxygen atoms in total. The van der Waals surface area contributed by atoms with Crippen molar-refractivity contribution in [1.29, 1.82) is 0 Å². The van der Waals surface area contributed by atoms with E-state index in [1.165, 1.54) is 12.1 Å². The van der Waals surface area contributed by atoms with Crippen molar-refractivity contribution in [3.05, 3.63) is 70.2 Å². The normalized spacial score (nSPS) is 13.5. The molecule has 0 atom stereocenters. The van der Waals surface area contributed by atoms with Crippen LogP contribution in [-0.2, 0) is 21.2 Å². The minimum Gasteiger partial charge on any atom is -0.274 e. The first-order valence-electron chi connectivity index (χ1n) is 8.50. The Bertz CT molecular complexity index is 1020. The molecule has 3 amide bonds. The van der Waals surface area contributed by atoms with Crippen LogP contribution in [0.4, 0.5) is 0 Å². The van der Waals surface area contributed by atoms with E-state index >= 15 is 0 Å². The number of carbonyl (C=O) groups excluding carboxylic acids is 3. The van der Waals surface area contributed by atoms with Crippen molar-refractivity contribution in [1.82, 2.24) is 9.62 Å². The predicted molar refractivity (Wildman–Crippen MR) is 104 cm³/mol. The molecule has 0 aliphatic carbocycles. The van der Waals surface area contributed by atoms with E-state index in [-0.39, 0.29) is 24.1 Å². The van der Waals surface area contributed by atoms with Crippen LogP contribution in [0.5, 0.6) is 0 Å². The fourth-order valence-corrected chi connectivity index (χ4v) is 4.07. The molecule has 1 aliphatic rings. The van der Waals surface area contributed by atoms with E-state index in [4.69, 9.17) is 11.6 Å². The van der Waals surface area contributed by atoms with Crippen molar-refractivity contribution in [2.45, 2.75) is 12.8 Å². The summed E-state index contributed by atoms with van der Waals surface area (Å²) in [4.78, 5) is 37.3. The van der Waals surface area contributed by atoms with Gasteiger partial charge in [-0.15, -0.1) is 0 Å². The van der Waals surface area contributed by atoms with Crippen molar-refractivity contribution >= 4 is 39.3 Å². The van der Waals surface area contributed by atoms with Gasteiger partial charge in [0.25, 0.3) is 11.8 Å². The summed E-state index contributed by atoms with van der Waals surface area (Å²) >= 11 is 5.87. The molecule has 1 N–H and O–H groups in total. The second-order valence-electron chi connectivity index (χ2n) is 6.28. The predicted octanol–water partition coefficient (Wildman–Crippen LogP) is 2.01. The topological polar surface area (TPSA) is 101 Å². The lowest BCUT2D eigenvalue weighted by Gasteiger charge is -2.14. The fraction of sp³-hybridized carbons (Fsp3) is 0.211. The standard InChI is InChI=1S/C19H17ClN2O5S/c20-14-5-3-4-13(12-14)8-9-17(23)21-28(26,27)11-10-22-18(24)15-6-1-2-7-16(15)19(22)25/h1-7,12H,8-11H2,(H,21,23). The molecule has 0 aromatic heterocycles. The third kappa shape index (κ3) is 4.58. The first kappa shape index (κ1) is 20.0. The number of imide groups is 1. The van der Waals surface area contributed by atoms with Crippen LogP contribution in [0.2, 0.25) is 5.02 Å². The van der Waals surface area contributed by atoms with Crippen LogP contribution in [0.25, 0.3) is 0 Å². The minimum atomic E-state index is -3.99. The molecule has 0 unspecified atom stereocenters.